The number of ether oxygens (including phenoxy) is 1. The summed E-state index contributed by atoms with van der Waals surface area (Å²) in [5, 5.41) is 13.4. The van der Waals surface area contributed by atoms with Gasteiger partial charge in [0.25, 0.3) is 0 Å². The van der Waals surface area contributed by atoms with Gasteiger partial charge in [-0.2, -0.15) is 0 Å². The molecule has 1 aromatic carbocycles. The van der Waals surface area contributed by atoms with Crippen LogP contribution in [0, 0.1) is 0 Å². The Bertz CT molecular complexity index is 391. The van der Waals surface area contributed by atoms with Crippen molar-refractivity contribution >= 4 is 11.6 Å². The molecule has 0 bridgehead atoms. The molecule has 1 atom stereocenters. The van der Waals surface area contributed by atoms with E-state index in [1.807, 2.05) is 6.07 Å². The fourth-order valence-corrected chi connectivity index (χ4v) is 1.92. The maximum atomic E-state index is 9.62. The minimum atomic E-state index is 0.00605. The first-order valence-electron chi connectivity index (χ1n) is 5.44. The van der Waals surface area contributed by atoms with Gasteiger partial charge in [0, 0.05) is 12.1 Å². The van der Waals surface area contributed by atoms with Gasteiger partial charge in [-0.1, -0.05) is 11.6 Å². The summed E-state index contributed by atoms with van der Waals surface area (Å²) in [5.41, 5.74) is 1.03. The van der Waals surface area contributed by atoms with E-state index < -0.39 is 0 Å². The summed E-state index contributed by atoms with van der Waals surface area (Å²) in [7, 11) is 1.52. The van der Waals surface area contributed by atoms with Gasteiger partial charge in [-0.25, -0.2) is 0 Å². The Labute approximate surface area is 100 Å². The Morgan fingerprint density at radius 1 is 1.50 bits per heavy atom. The number of phenols is 1. The van der Waals surface area contributed by atoms with Crippen molar-refractivity contribution < 1.29 is 9.84 Å². The Balaban J connectivity index is 2.22. The van der Waals surface area contributed by atoms with Crippen molar-refractivity contribution in [2.45, 2.75) is 31.8 Å². The quantitative estimate of drug-likeness (QED) is 0.852. The van der Waals surface area contributed by atoms with Gasteiger partial charge in [0.15, 0.2) is 11.5 Å². The van der Waals surface area contributed by atoms with Crippen molar-refractivity contribution in [2.24, 2.45) is 0 Å². The highest BCUT2D eigenvalue weighted by molar-refractivity contribution is 6.32. The Morgan fingerprint density at radius 2 is 2.19 bits per heavy atom. The van der Waals surface area contributed by atoms with E-state index in [2.05, 4.69) is 12.2 Å². The summed E-state index contributed by atoms with van der Waals surface area (Å²) in [6, 6.07) is 4.45. The van der Waals surface area contributed by atoms with Crippen LogP contribution in [0.4, 0.5) is 0 Å². The molecule has 1 saturated carbocycles. The van der Waals surface area contributed by atoms with Crippen LogP contribution in [0.1, 0.15) is 31.4 Å². The highest BCUT2D eigenvalue weighted by Crippen LogP contribution is 2.37. The average Bonchev–Trinajstić information content (AvgIpc) is 3.05. The molecule has 0 aliphatic heterocycles. The summed E-state index contributed by atoms with van der Waals surface area (Å²) < 4.78 is 5.08. The molecule has 1 aliphatic rings. The number of phenolic OH excluding ortho intramolecular Hbond substituents is 1. The third-order valence-electron chi connectivity index (χ3n) is 2.83. The van der Waals surface area contributed by atoms with Crippen LogP contribution in [-0.2, 0) is 0 Å². The fraction of sp³-hybridized carbons (Fsp3) is 0.500. The SMILES string of the molecule is COc1cc(C(C)NC2CC2)cc(Cl)c1O. The van der Waals surface area contributed by atoms with Crippen LogP contribution in [0.5, 0.6) is 11.5 Å². The van der Waals surface area contributed by atoms with Crippen molar-refractivity contribution in [1.82, 2.24) is 5.32 Å². The van der Waals surface area contributed by atoms with Crippen LogP contribution in [0.25, 0.3) is 0 Å². The average molecular weight is 242 g/mol. The van der Waals surface area contributed by atoms with E-state index in [1.165, 1.54) is 20.0 Å². The standard InChI is InChI=1S/C12H16ClNO2/c1-7(14-9-3-4-9)8-5-10(13)12(15)11(6-8)16-2/h5-7,9,14-15H,3-4H2,1-2H3. The lowest BCUT2D eigenvalue weighted by atomic mass is 10.1. The van der Waals surface area contributed by atoms with Crippen molar-refractivity contribution in [3.63, 3.8) is 0 Å². The zero-order valence-electron chi connectivity index (χ0n) is 9.46. The van der Waals surface area contributed by atoms with Gasteiger partial charge in [-0.05, 0) is 37.5 Å². The molecule has 4 heteroatoms. The lowest BCUT2D eigenvalue weighted by Gasteiger charge is -2.16. The number of hydrogen-bond donors (Lipinski definition) is 2. The molecule has 2 N–H and O–H groups in total. The van der Waals surface area contributed by atoms with Gasteiger partial charge >= 0.3 is 0 Å². The monoisotopic (exact) mass is 241 g/mol. The summed E-state index contributed by atoms with van der Waals surface area (Å²) in [6.07, 6.45) is 2.49. The van der Waals surface area contributed by atoms with Crippen molar-refractivity contribution in [3.8, 4) is 11.5 Å². The highest BCUT2D eigenvalue weighted by atomic mass is 35.5. The van der Waals surface area contributed by atoms with Gasteiger partial charge in [0.05, 0.1) is 12.1 Å². The molecule has 0 radical (unpaired) electrons. The molecule has 1 aromatic rings. The first-order valence-corrected chi connectivity index (χ1v) is 5.82. The number of rotatable bonds is 4. The summed E-state index contributed by atoms with van der Waals surface area (Å²) in [5.74, 6) is 0.429. The van der Waals surface area contributed by atoms with Crippen LogP contribution < -0.4 is 10.1 Å². The minimum absolute atomic E-state index is 0.00605. The predicted molar refractivity (Wildman–Crippen MR) is 64.2 cm³/mol. The zero-order chi connectivity index (χ0) is 11.7. The molecule has 0 saturated heterocycles. The summed E-state index contributed by atoms with van der Waals surface area (Å²) in [4.78, 5) is 0. The van der Waals surface area contributed by atoms with E-state index in [0.717, 1.165) is 5.56 Å². The van der Waals surface area contributed by atoms with Crippen LogP contribution in [0.15, 0.2) is 12.1 Å². The van der Waals surface area contributed by atoms with E-state index >= 15 is 0 Å². The maximum Gasteiger partial charge on any atom is 0.176 e. The van der Waals surface area contributed by atoms with Gasteiger partial charge in [-0.3, -0.25) is 0 Å². The van der Waals surface area contributed by atoms with E-state index in [9.17, 15) is 5.11 Å². The van der Waals surface area contributed by atoms with Gasteiger partial charge < -0.3 is 15.2 Å². The first kappa shape index (κ1) is 11.6. The molecule has 0 heterocycles. The topological polar surface area (TPSA) is 41.5 Å². The molecule has 3 nitrogen and oxygen atoms in total. The third kappa shape index (κ3) is 2.42. The zero-order valence-corrected chi connectivity index (χ0v) is 10.2. The van der Waals surface area contributed by atoms with E-state index in [4.69, 9.17) is 16.3 Å². The van der Waals surface area contributed by atoms with Crippen molar-refractivity contribution in [1.29, 1.82) is 0 Å². The molecular formula is C12H16ClNO2. The molecule has 88 valence electrons. The number of nitrogens with one attached hydrogen (secondary N) is 1. The molecule has 1 aliphatic carbocycles. The molecule has 0 amide bonds. The number of methoxy groups -OCH3 is 1. The fourth-order valence-electron chi connectivity index (χ4n) is 1.70. The Morgan fingerprint density at radius 3 is 2.75 bits per heavy atom. The number of hydrogen-bond acceptors (Lipinski definition) is 3. The van der Waals surface area contributed by atoms with Crippen LogP contribution >= 0.6 is 11.6 Å². The lowest BCUT2D eigenvalue weighted by Crippen LogP contribution is -2.20. The van der Waals surface area contributed by atoms with E-state index in [0.29, 0.717) is 16.8 Å². The van der Waals surface area contributed by atoms with E-state index in [1.54, 1.807) is 6.07 Å². The normalized spacial score (nSPS) is 17.2. The third-order valence-corrected chi connectivity index (χ3v) is 3.12. The van der Waals surface area contributed by atoms with Gasteiger partial charge in [-0.15, -0.1) is 0 Å². The molecular weight excluding hydrogens is 226 g/mol. The first-order chi connectivity index (χ1) is 7.61. The van der Waals surface area contributed by atoms with Crippen molar-refractivity contribution in [2.75, 3.05) is 7.11 Å². The van der Waals surface area contributed by atoms with Crippen molar-refractivity contribution in [3.05, 3.63) is 22.7 Å². The predicted octanol–water partition coefficient (Wildman–Crippen LogP) is 2.87. The second-order valence-corrected chi connectivity index (χ2v) is 4.62. The number of benzene rings is 1. The second-order valence-electron chi connectivity index (χ2n) is 4.22. The van der Waals surface area contributed by atoms with E-state index in [-0.39, 0.29) is 11.8 Å². The van der Waals surface area contributed by atoms with Crippen LogP contribution in [-0.4, -0.2) is 18.3 Å². The molecule has 2 rings (SSSR count). The Hall–Kier alpha value is -0.930. The van der Waals surface area contributed by atoms with Crippen LogP contribution in [0.2, 0.25) is 5.02 Å². The molecule has 0 spiro atoms. The highest BCUT2D eigenvalue weighted by Gasteiger charge is 2.24. The minimum Gasteiger partial charge on any atom is -0.503 e. The lowest BCUT2D eigenvalue weighted by molar-refractivity contribution is 0.372. The van der Waals surface area contributed by atoms with Gasteiger partial charge in [0.1, 0.15) is 0 Å². The summed E-state index contributed by atoms with van der Waals surface area (Å²) in [6.45, 7) is 2.08. The Kier molecular flexibility index (Phi) is 3.26. The molecule has 16 heavy (non-hydrogen) atoms. The molecule has 0 aromatic heterocycles. The summed E-state index contributed by atoms with van der Waals surface area (Å²) >= 11 is 5.94. The smallest absolute Gasteiger partial charge is 0.176 e. The largest absolute Gasteiger partial charge is 0.503 e. The van der Waals surface area contributed by atoms with Gasteiger partial charge in [0.2, 0.25) is 0 Å². The van der Waals surface area contributed by atoms with Crippen LogP contribution in [0.3, 0.4) is 0 Å². The number of halogens is 1. The molecule has 1 fully saturated rings. The number of aromatic hydroxyl groups is 1. The maximum absolute atomic E-state index is 9.62. The molecule has 1 unspecified atom stereocenters. The second kappa shape index (κ2) is 4.52.